The van der Waals surface area contributed by atoms with Gasteiger partial charge in [0.2, 0.25) is 5.88 Å². The average molecular weight is 262 g/mol. The average Bonchev–Trinajstić information content (AvgIpc) is 2.45. The van der Waals surface area contributed by atoms with Crippen molar-refractivity contribution in [3.05, 3.63) is 23.9 Å². The molecule has 1 aliphatic heterocycles. The summed E-state index contributed by atoms with van der Waals surface area (Å²) in [6.45, 7) is 4.84. The van der Waals surface area contributed by atoms with E-state index in [9.17, 15) is 0 Å². The number of guanidine groups is 1. The summed E-state index contributed by atoms with van der Waals surface area (Å²) in [4.78, 5) is 10.8. The second-order valence-corrected chi connectivity index (χ2v) is 5.08. The molecule has 1 unspecified atom stereocenters. The van der Waals surface area contributed by atoms with E-state index in [2.05, 4.69) is 21.8 Å². The number of aliphatic imine (C=N–C) groups is 1. The van der Waals surface area contributed by atoms with E-state index in [0.29, 0.717) is 24.3 Å². The zero-order valence-corrected chi connectivity index (χ0v) is 11.7. The standard InChI is InChI=1S/C14H22N4O/c1-11-4-3-7-18(10-11)14(15)17-9-12-5-6-13(19-2)16-8-12/h5-6,8,11H,3-4,7,9-10H2,1-2H3,(H2,15,17). The number of aromatic nitrogens is 1. The molecule has 1 aromatic rings. The Labute approximate surface area is 114 Å². The number of hydrogen-bond donors (Lipinski definition) is 1. The lowest BCUT2D eigenvalue weighted by Gasteiger charge is -2.31. The van der Waals surface area contributed by atoms with E-state index in [1.54, 1.807) is 13.3 Å². The normalized spacial score (nSPS) is 20.4. The zero-order chi connectivity index (χ0) is 13.7. The number of ether oxygens (including phenoxy) is 1. The predicted octanol–water partition coefficient (Wildman–Crippen LogP) is 1.64. The molecule has 2 rings (SSSR count). The summed E-state index contributed by atoms with van der Waals surface area (Å²) in [6, 6.07) is 3.80. The minimum atomic E-state index is 0.563. The van der Waals surface area contributed by atoms with Gasteiger partial charge in [0.1, 0.15) is 0 Å². The maximum atomic E-state index is 6.05. The Morgan fingerprint density at radius 3 is 3.05 bits per heavy atom. The third-order valence-electron chi connectivity index (χ3n) is 3.41. The van der Waals surface area contributed by atoms with Gasteiger partial charge >= 0.3 is 0 Å². The zero-order valence-electron chi connectivity index (χ0n) is 11.7. The number of rotatable bonds is 3. The predicted molar refractivity (Wildman–Crippen MR) is 76.1 cm³/mol. The first-order valence-electron chi connectivity index (χ1n) is 6.73. The van der Waals surface area contributed by atoms with Crippen LogP contribution < -0.4 is 10.5 Å². The number of hydrogen-bond acceptors (Lipinski definition) is 3. The summed E-state index contributed by atoms with van der Waals surface area (Å²) in [5.41, 5.74) is 7.08. The highest BCUT2D eigenvalue weighted by Gasteiger charge is 2.17. The lowest BCUT2D eigenvalue weighted by atomic mass is 10.0. The molecule has 5 heteroatoms. The first kappa shape index (κ1) is 13.6. The van der Waals surface area contributed by atoms with Crippen molar-refractivity contribution >= 4 is 5.96 Å². The number of methoxy groups -OCH3 is 1. The lowest BCUT2D eigenvalue weighted by molar-refractivity contribution is 0.270. The Morgan fingerprint density at radius 1 is 1.58 bits per heavy atom. The summed E-state index contributed by atoms with van der Waals surface area (Å²) in [5, 5.41) is 0. The Kier molecular flexibility index (Phi) is 4.60. The van der Waals surface area contributed by atoms with Crippen LogP contribution in [0.3, 0.4) is 0 Å². The number of pyridine rings is 1. The first-order chi connectivity index (χ1) is 9.19. The van der Waals surface area contributed by atoms with Crippen LogP contribution in [0.15, 0.2) is 23.3 Å². The summed E-state index contributed by atoms with van der Waals surface area (Å²) in [7, 11) is 1.61. The van der Waals surface area contributed by atoms with Crippen molar-refractivity contribution in [2.45, 2.75) is 26.3 Å². The Bertz CT molecular complexity index is 430. The third kappa shape index (κ3) is 3.84. The summed E-state index contributed by atoms with van der Waals surface area (Å²) in [6.07, 6.45) is 4.25. The quantitative estimate of drug-likeness (QED) is 0.664. The molecular weight excluding hydrogens is 240 g/mol. The van der Waals surface area contributed by atoms with Gasteiger partial charge in [0.05, 0.1) is 13.7 Å². The molecule has 0 radical (unpaired) electrons. The Balaban J connectivity index is 1.92. The van der Waals surface area contributed by atoms with Crippen LogP contribution in [0.25, 0.3) is 0 Å². The smallest absolute Gasteiger partial charge is 0.212 e. The molecule has 0 aliphatic carbocycles. The van der Waals surface area contributed by atoms with Gasteiger partial charge in [-0.2, -0.15) is 0 Å². The maximum Gasteiger partial charge on any atom is 0.212 e. The van der Waals surface area contributed by atoms with Crippen LogP contribution in [0.1, 0.15) is 25.3 Å². The van der Waals surface area contributed by atoms with Crippen molar-refractivity contribution in [3.8, 4) is 5.88 Å². The van der Waals surface area contributed by atoms with Gasteiger partial charge in [-0.1, -0.05) is 13.0 Å². The lowest BCUT2D eigenvalue weighted by Crippen LogP contribution is -2.43. The summed E-state index contributed by atoms with van der Waals surface area (Å²) >= 11 is 0. The fraction of sp³-hybridized carbons (Fsp3) is 0.571. The molecule has 2 N–H and O–H groups in total. The molecule has 19 heavy (non-hydrogen) atoms. The first-order valence-corrected chi connectivity index (χ1v) is 6.73. The van der Waals surface area contributed by atoms with Crippen LogP contribution in [-0.2, 0) is 6.54 Å². The van der Waals surface area contributed by atoms with E-state index in [4.69, 9.17) is 10.5 Å². The summed E-state index contributed by atoms with van der Waals surface area (Å²) < 4.78 is 5.02. The molecule has 0 aromatic carbocycles. The van der Waals surface area contributed by atoms with Gasteiger partial charge in [-0.05, 0) is 24.3 Å². The molecule has 1 fully saturated rings. The molecule has 1 aliphatic rings. The number of likely N-dealkylation sites (tertiary alicyclic amines) is 1. The third-order valence-corrected chi connectivity index (χ3v) is 3.41. The van der Waals surface area contributed by atoms with Gasteiger partial charge in [0.15, 0.2) is 5.96 Å². The van der Waals surface area contributed by atoms with Crippen LogP contribution >= 0.6 is 0 Å². The molecule has 1 aromatic heterocycles. The van der Waals surface area contributed by atoms with Gasteiger partial charge in [0, 0.05) is 25.4 Å². The SMILES string of the molecule is COc1ccc(CN=C(N)N2CCCC(C)C2)cn1. The monoisotopic (exact) mass is 262 g/mol. The van der Waals surface area contributed by atoms with Crippen molar-refractivity contribution in [1.29, 1.82) is 0 Å². The highest BCUT2D eigenvalue weighted by Crippen LogP contribution is 2.15. The molecule has 0 saturated carbocycles. The summed E-state index contributed by atoms with van der Waals surface area (Å²) in [5.74, 6) is 1.96. The minimum absolute atomic E-state index is 0.563. The van der Waals surface area contributed by atoms with Crippen molar-refractivity contribution in [2.24, 2.45) is 16.6 Å². The van der Waals surface area contributed by atoms with Gasteiger partial charge in [0.25, 0.3) is 0 Å². The molecule has 104 valence electrons. The van der Waals surface area contributed by atoms with E-state index in [1.807, 2.05) is 12.1 Å². The Morgan fingerprint density at radius 2 is 2.42 bits per heavy atom. The molecule has 0 spiro atoms. The number of nitrogens with two attached hydrogens (primary N) is 1. The molecule has 1 atom stereocenters. The highest BCUT2D eigenvalue weighted by atomic mass is 16.5. The van der Waals surface area contributed by atoms with E-state index in [0.717, 1.165) is 18.7 Å². The van der Waals surface area contributed by atoms with Gasteiger partial charge in [-0.25, -0.2) is 9.98 Å². The molecule has 0 bridgehead atoms. The molecule has 0 amide bonds. The molecule has 2 heterocycles. The Hall–Kier alpha value is -1.78. The van der Waals surface area contributed by atoms with Crippen molar-refractivity contribution < 1.29 is 4.74 Å². The van der Waals surface area contributed by atoms with E-state index in [-0.39, 0.29) is 0 Å². The fourth-order valence-corrected chi connectivity index (χ4v) is 2.29. The number of nitrogens with zero attached hydrogens (tertiary/aromatic N) is 3. The topological polar surface area (TPSA) is 63.7 Å². The van der Waals surface area contributed by atoms with Crippen LogP contribution in [0.2, 0.25) is 0 Å². The minimum Gasteiger partial charge on any atom is -0.481 e. The van der Waals surface area contributed by atoms with Gasteiger partial charge in [-0.15, -0.1) is 0 Å². The van der Waals surface area contributed by atoms with Crippen molar-refractivity contribution in [3.63, 3.8) is 0 Å². The molecule has 5 nitrogen and oxygen atoms in total. The van der Waals surface area contributed by atoms with Crippen LogP contribution in [0.4, 0.5) is 0 Å². The number of piperidine rings is 1. The maximum absolute atomic E-state index is 6.05. The van der Waals surface area contributed by atoms with Crippen LogP contribution in [-0.4, -0.2) is 36.0 Å². The van der Waals surface area contributed by atoms with E-state index < -0.39 is 0 Å². The largest absolute Gasteiger partial charge is 0.481 e. The van der Waals surface area contributed by atoms with Gasteiger partial charge < -0.3 is 15.4 Å². The van der Waals surface area contributed by atoms with Gasteiger partial charge in [-0.3, -0.25) is 0 Å². The van der Waals surface area contributed by atoms with E-state index >= 15 is 0 Å². The second-order valence-electron chi connectivity index (χ2n) is 5.08. The fourth-order valence-electron chi connectivity index (χ4n) is 2.29. The molecular formula is C14H22N4O. The van der Waals surface area contributed by atoms with E-state index in [1.165, 1.54) is 12.8 Å². The van der Waals surface area contributed by atoms with Crippen LogP contribution in [0.5, 0.6) is 5.88 Å². The van der Waals surface area contributed by atoms with Crippen LogP contribution in [0, 0.1) is 5.92 Å². The van der Waals surface area contributed by atoms with Crippen molar-refractivity contribution in [1.82, 2.24) is 9.88 Å². The highest BCUT2D eigenvalue weighted by molar-refractivity contribution is 5.78. The molecule has 1 saturated heterocycles. The second kappa shape index (κ2) is 6.41. The van der Waals surface area contributed by atoms with Crippen molar-refractivity contribution in [2.75, 3.05) is 20.2 Å².